The summed E-state index contributed by atoms with van der Waals surface area (Å²) >= 11 is 0. The van der Waals surface area contributed by atoms with Crippen LogP contribution in [-0.2, 0) is 14.6 Å². The van der Waals surface area contributed by atoms with Crippen LogP contribution in [0, 0.1) is 0 Å². The number of sulfone groups is 1. The van der Waals surface area contributed by atoms with Crippen LogP contribution in [-0.4, -0.2) is 25.4 Å². The predicted octanol–water partition coefficient (Wildman–Crippen LogP) is 2.76. The summed E-state index contributed by atoms with van der Waals surface area (Å²) in [5.74, 6) is 0.0842. The molecular weight excluding hydrogens is 298 g/mol. The van der Waals surface area contributed by atoms with E-state index >= 15 is 0 Å². The highest BCUT2D eigenvalue weighted by Crippen LogP contribution is 2.36. The Morgan fingerprint density at radius 1 is 1.00 bits per heavy atom. The van der Waals surface area contributed by atoms with Gasteiger partial charge in [0.2, 0.25) is 0 Å². The van der Waals surface area contributed by atoms with Gasteiger partial charge < -0.3 is 0 Å². The van der Waals surface area contributed by atoms with Gasteiger partial charge in [-0.15, -0.1) is 0 Å². The van der Waals surface area contributed by atoms with Crippen LogP contribution in [0.4, 0.5) is 0 Å². The van der Waals surface area contributed by atoms with Crippen LogP contribution in [0.15, 0.2) is 53.6 Å². The smallest absolute Gasteiger partial charge is 0.175 e. The number of carbonyl (C=O) groups excluding carboxylic acids is 1. The number of rotatable bonds is 3. The Balaban J connectivity index is 2.09. The first-order valence-corrected chi connectivity index (χ1v) is 8.84. The Hall–Kier alpha value is -2.27. The summed E-state index contributed by atoms with van der Waals surface area (Å²) in [6, 6.07) is 12.2. The highest BCUT2D eigenvalue weighted by atomic mass is 32.2. The van der Waals surface area contributed by atoms with Crippen molar-refractivity contribution in [1.82, 2.24) is 4.98 Å². The molecule has 0 saturated heterocycles. The number of nitrogens with zero attached hydrogens (tertiary/aromatic N) is 1. The number of carbonyl (C=O) groups is 1. The molecule has 1 aliphatic carbocycles. The Kier molecular flexibility index (Phi) is 3.66. The molecule has 3 rings (SSSR count). The summed E-state index contributed by atoms with van der Waals surface area (Å²) in [6.07, 6.45) is 3.97. The molecule has 0 saturated carbocycles. The monoisotopic (exact) mass is 313 g/mol. The van der Waals surface area contributed by atoms with E-state index in [0.717, 1.165) is 11.1 Å². The second-order valence-electron chi connectivity index (χ2n) is 5.29. The lowest BCUT2D eigenvalue weighted by Gasteiger charge is -2.07. The van der Waals surface area contributed by atoms with E-state index in [1.165, 1.54) is 6.26 Å². The molecule has 22 heavy (non-hydrogen) atoms. The van der Waals surface area contributed by atoms with Crippen molar-refractivity contribution in [3.8, 4) is 0 Å². The molecule has 2 aromatic rings. The molecule has 0 fully saturated rings. The molecule has 1 aliphatic rings. The van der Waals surface area contributed by atoms with Gasteiger partial charge in [-0.05, 0) is 41.8 Å². The average Bonchev–Trinajstić information content (AvgIpc) is 2.89. The number of aromatic nitrogens is 1. The van der Waals surface area contributed by atoms with Gasteiger partial charge in [0, 0.05) is 24.4 Å². The van der Waals surface area contributed by atoms with Gasteiger partial charge in [-0.3, -0.25) is 9.78 Å². The van der Waals surface area contributed by atoms with Crippen LogP contribution < -0.4 is 0 Å². The normalized spacial score (nSPS) is 15.4. The standard InChI is InChI=1S/C17H15NO3S/c1-22(20,21)13-7-5-12(6-8-13)14-9-10-16(19)17(14)15-4-2-3-11-18-15/h2-8,11H,9-10H2,1H3. The van der Waals surface area contributed by atoms with Crippen LogP contribution in [0.25, 0.3) is 11.1 Å². The van der Waals surface area contributed by atoms with Crippen LogP contribution in [0.5, 0.6) is 0 Å². The molecule has 4 nitrogen and oxygen atoms in total. The minimum atomic E-state index is -3.21. The molecule has 0 radical (unpaired) electrons. The van der Waals surface area contributed by atoms with Crippen molar-refractivity contribution >= 4 is 26.8 Å². The highest BCUT2D eigenvalue weighted by Gasteiger charge is 2.26. The molecule has 0 amide bonds. The van der Waals surface area contributed by atoms with Gasteiger partial charge in [0.15, 0.2) is 15.6 Å². The number of allylic oxidation sites excluding steroid dienone is 2. The molecule has 0 aliphatic heterocycles. The van der Waals surface area contributed by atoms with Crippen molar-refractivity contribution in [2.24, 2.45) is 0 Å². The summed E-state index contributed by atoms with van der Waals surface area (Å²) < 4.78 is 23.1. The summed E-state index contributed by atoms with van der Waals surface area (Å²) in [5.41, 5.74) is 3.13. The molecule has 0 atom stereocenters. The SMILES string of the molecule is CS(=O)(=O)c1ccc(C2=C(c3ccccn3)C(=O)CC2)cc1. The number of ketones is 1. The molecule has 0 bridgehead atoms. The van der Waals surface area contributed by atoms with Gasteiger partial charge in [0.1, 0.15) is 0 Å². The molecule has 0 N–H and O–H groups in total. The van der Waals surface area contributed by atoms with E-state index in [1.54, 1.807) is 30.5 Å². The third kappa shape index (κ3) is 2.72. The first-order chi connectivity index (χ1) is 10.5. The third-order valence-corrected chi connectivity index (χ3v) is 4.86. The second kappa shape index (κ2) is 5.50. The predicted molar refractivity (Wildman–Crippen MR) is 84.8 cm³/mol. The van der Waals surface area contributed by atoms with E-state index in [0.29, 0.717) is 24.1 Å². The van der Waals surface area contributed by atoms with Crippen LogP contribution in [0.1, 0.15) is 24.1 Å². The molecule has 1 heterocycles. The van der Waals surface area contributed by atoms with E-state index < -0.39 is 9.84 Å². The number of hydrogen-bond donors (Lipinski definition) is 0. The molecule has 112 valence electrons. The Labute approximate surface area is 129 Å². The second-order valence-corrected chi connectivity index (χ2v) is 7.30. The highest BCUT2D eigenvalue weighted by molar-refractivity contribution is 7.90. The van der Waals surface area contributed by atoms with Gasteiger partial charge in [-0.2, -0.15) is 0 Å². The summed E-state index contributed by atoms with van der Waals surface area (Å²) in [6.45, 7) is 0. The van der Waals surface area contributed by atoms with Crippen molar-refractivity contribution in [2.75, 3.05) is 6.26 Å². The molecule has 0 unspecified atom stereocenters. The Bertz CT molecular complexity index is 851. The van der Waals surface area contributed by atoms with Gasteiger partial charge in [0.25, 0.3) is 0 Å². The topological polar surface area (TPSA) is 64.1 Å². The average molecular weight is 313 g/mol. The molecule has 1 aromatic heterocycles. The lowest BCUT2D eigenvalue weighted by Crippen LogP contribution is -1.99. The fraction of sp³-hybridized carbons (Fsp3) is 0.176. The molecule has 1 aromatic carbocycles. The van der Waals surface area contributed by atoms with Gasteiger partial charge in [-0.25, -0.2) is 8.42 Å². The third-order valence-electron chi connectivity index (χ3n) is 3.73. The van der Waals surface area contributed by atoms with E-state index in [-0.39, 0.29) is 10.7 Å². The van der Waals surface area contributed by atoms with E-state index in [9.17, 15) is 13.2 Å². The van der Waals surface area contributed by atoms with Crippen molar-refractivity contribution in [1.29, 1.82) is 0 Å². The maximum atomic E-state index is 12.2. The Morgan fingerprint density at radius 2 is 1.73 bits per heavy atom. The molecule has 0 spiro atoms. The van der Waals surface area contributed by atoms with Crippen molar-refractivity contribution in [2.45, 2.75) is 17.7 Å². The Morgan fingerprint density at radius 3 is 2.32 bits per heavy atom. The summed E-state index contributed by atoms with van der Waals surface area (Å²) in [5, 5.41) is 0. The van der Waals surface area contributed by atoms with Crippen molar-refractivity contribution < 1.29 is 13.2 Å². The fourth-order valence-corrected chi connectivity index (χ4v) is 3.29. The zero-order valence-corrected chi connectivity index (χ0v) is 12.9. The minimum absolute atomic E-state index is 0.0842. The van der Waals surface area contributed by atoms with Gasteiger partial charge in [0.05, 0.1) is 10.6 Å². The minimum Gasteiger partial charge on any atom is -0.294 e. The number of benzene rings is 1. The van der Waals surface area contributed by atoms with Crippen LogP contribution in [0.3, 0.4) is 0 Å². The first-order valence-electron chi connectivity index (χ1n) is 6.95. The first kappa shape index (κ1) is 14.7. The van der Waals surface area contributed by atoms with E-state index in [2.05, 4.69) is 4.98 Å². The largest absolute Gasteiger partial charge is 0.294 e. The lowest BCUT2D eigenvalue weighted by molar-refractivity contribution is -0.113. The van der Waals surface area contributed by atoms with Crippen LogP contribution >= 0.6 is 0 Å². The maximum absolute atomic E-state index is 12.2. The lowest BCUT2D eigenvalue weighted by atomic mass is 10.00. The zero-order chi connectivity index (χ0) is 15.7. The van der Waals surface area contributed by atoms with Crippen LogP contribution in [0.2, 0.25) is 0 Å². The fourth-order valence-electron chi connectivity index (χ4n) is 2.66. The van der Waals surface area contributed by atoms with Gasteiger partial charge >= 0.3 is 0 Å². The maximum Gasteiger partial charge on any atom is 0.175 e. The van der Waals surface area contributed by atoms with E-state index in [4.69, 9.17) is 0 Å². The number of pyridine rings is 1. The number of hydrogen-bond acceptors (Lipinski definition) is 4. The van der Waals surface area contributed by atoms with E-state index in [1.807, 2.05) is 18.2 Å². The zero-order valence-electron chi connectivity index (χ0n) is 12.1. The molecular formula is C17H15NO3S. The quantitative estimate of drug-likeness (QED) is 0.874. The molecule has 5 heteroatoms. The van der Waals surface area contributed by atoms with Gasteiger partial charge in [-0.1, -0.05) is 18.2 Å². The van der Waals surface area contributed by atoms with Crippen molar-refractivity contribution in [3.63, 3.8) is 0 Å². The van der Waals surface area contributed by atoms with Crippen molar-refractivity contribution in [3.05, 3.63) is 59.9 Å². The number of Topliss-reactive ketones (excluding diaryl/α,β-unsaturated/α-hetero) is 1. The summed E-state index contributed by atoms with van der Waals surface area (Å²) in [7, 11) is -3.21. The summed E-state index contributed by atoms with van der Waals surface area (Å²) in [4.78, 5) is 16.7.